The molecule has 2 aromatic rings. The number of carbonyl (C=O) groups is 1. The molecular weight excluding hydrogens is 337 g/mol. The summed E-state index contributed by atoms with van der Waals surface area (Å²) >= 11 is 5.70. The zero-order chi connectivity index (χ0) is 17.7. The summed E-state index contributed by atoms with van der Waals surface area (Å²) in [6.07, 6.45) is 1.15. The Kier molecular flexibility index (Phi) is 5.24. The van der Waals surface area contributed by atoms with Crippen LogP contribution >= 0.6 is 11.6 Å². The van der Waals surface area contributed by atoms with Crippen LogP contribution < -0.4 is 5.32 Å². The van der Waals surface area contributed by atoms with E-state index in [-0.39, 0.29) is 27.5 Å². The molecule has 0 fully saturated rings. The van der Waals surface area contributed by atoms with Gasteiger partial charge in [-0.25, -0.2) is 4.39 Å². The first kappa shape index (κ1) is 17.1. The third-order valence-electron chi connectivity index (χ3n) is 2.97. The average Bonchev–Trinajstić information content (AvgIpc) is 2.55. The molecule has 0 aliphatic rings. The van der Waals surface area contributed by atoms with E-state index in [4.69, 9.17) is 16.9 Å². The highest BCUT2D eigenvalue weighted by atomic mass is 35.5. The van der Waals surface area contributed by atoms with Crippen molar-refractivity contribution in [2.24, 2.45) is 0 Å². The Hall–Kier alpha value is -3.24. The van der Waals surface area contributed by atoms with Crippen molar-refractivity contribution in [3.63, 3.8) is 0 Å². The maximum absolute atomic E-state index is 13.5. The Morgan fingerprint density at radius 1 is 1.33 bits per heavy atom. The quantitative estimate of drug-likeness (QED) is 0.393. The number of nitrogens with zero attached hydrogens (tertiary/aromatic N) is 2. The van der Waals surface area contributed by atoms with Crippen molar-refractivity contribution < 1.29 is 14.1 Å². The number of nitro groups is 1. The van der Waals surface area contributed by atoms with Crippen molar-refractivity contribution in [2.75, 3.05) is 5.32 Å². The Labute approximate surface area is 140 Å². The number of hydrogen-bond donors (Lipinski definition) is 1. The number of rotatable bonds is 4. The van der Waals surface area contributed by atoms with Crippen molar-refractivity contribution in [3.05, 3.63) is 74.6 Å². The van der Waals surface area contributed by atoms with Crippen LogP contribution in [0.25, 0.3) is 6.08 Å². The summed E-state index contributed by atoms with van der Waals surface area (Å²) in [7, 11) is 0. The van der Waals surface area contributed by atoms with Crippen LogP contribution in [0.15, 0.2) is 48.0 Å². The Bertz CT molecular complexity index is 890. The molecule has 120 valence electrons. The van der Waals surface area contributed by atoms with Gasteiger partial charge in [0.15, 0.2) is 0 Å². The lowest BCUT2D eigenvalue weighted by Crippen LogP contribution is -2.14. The van der Waals surface area contributed by atoms with Crippen LogP contribution in [-0.4, -0.2) is 10.8 Å². The van der Waals surface area contributed by atoms with E-state index in [2.05, 4.69) is 5.32 Å². The van der Waals surface area contributed by atoms with Crippen LogP contribution in [0.3, 0.4) is 0 Å². The Morgan fingerprint density at radius 3 is 2.67 bits per heavy atom. The molecule has 0 spiro atoms. The first-order valence-corrected chi connectivity index (χ1v) is 6.92. The van der Waals surface area contributed by atoms with E-state index in [0.717, 1.165) is 18.2 Å². The van der Waals surface area contributed by atoms with Gasteiger partial charge in [-0.3, -0.25) is 14.9 Å². The van der Waals surface area contributed by atoms with Crippen LogP contribution in [0.5, 0.6) is 0 Å². The molecule has 0 unspecified atom stereocenters. The maximum Gasteiger partial charge on any atom is 0.288 e. The summed E-state index contributed by atoms with van der Waals surface area (Å²) in [5, 5.41) is 22.2. The molecule has 0 aliphatic heterocycles. The number of halogens is 2. The molecule has 0 aliphatic carbocycles. The number of nitro benzene ring substituents is 1. The molecular formula is C16H9ClFN3O3. The van der Waals surface area contributed by atoms with Crippen LogP contribution in [0.1, 0.15) is 5.56 Å². The predicted molar refractivity (Wildman–Crippen MR) is 86.7 cm³/mol. The second-order valence-electron chi connectivity index (χ2n) is 4.57. The third-order valence-corrected chi connectivity index (χ3v) is 3.28. The Balaban J connectivity index is 2.31. The minimum atomic E-state index is -0.833. The van der Waals surface area contributed by atoms with Gasteiger partial charge in [0.05, 0.1) is 10.6 Å². The lowest BCUT2D eigenvalue weighted by molar-refractivity contribution is -0.384. The third kappa shape index (κ3) is 3.94. The molecule has 0 saturated carbocycles. The normalized spacial score (nSPS) is 10.8. The highest BCUT2D eigenvalue weighted by Gasteiger charge is 2.15. The number of nitriles is 1. The number of benzene rings is 2. The van der Waals surface area contributed by atoms with Gasteiger partial charge in [-0.2, -0.15) is 5.26 Å². The lowest BCUT2D eigenvalue weighted by Gasteiger charge is -2.05. The summed E-state index contributed by atoms with van der Waals surface area (Å²) in [6.45, 7) is 0. The molecule has 0 saturated heterocycles. The molecule has 0 heterocycles. The molecule has 0 bridgehead atoms. The minimum absolute atomic E-state index is 0.0635. The van der Waals surface area contributed by atoms with Crippen LogP contribution in [-0.2, 0) is 4.79 Å². The van der Waals surface area contributed by atoms with Gasteiger partial charge in [0.25, 0.3) is 11.6 Å². The van der Waals surface area contributed by atoms with E-state index in [0.29, 0.717) is 0 Å². The minimum Gasteiger partial charge on any atom is -0.319 e. The first-order chi connectivity index (χ1) is 11.4. The van der Waals surface area contributed by atoms with Crippen LogP contribution in [0, 0.1) is 27.3 Å². The van der Waals surface area contributed by atoms with Gasteiger partial charge in [0.1, 0.15) is 22.5 Å². The monoisotopic (exact) mass is 345 g/mol. The fraction of sp³-hybridized carbons (Fsp3) is 0. The van der Waals surface area contributed by atoms with Crippen molar-refractivity contribution in [1.29, 1.82) is 5.26 Å². The summed E-state index contributed by atoms with van der Waals surface area (Å²) in [4.78, 5) is 22.2. The van der Waals surface area contributed by atoms with E-state index >= 15 is 0 Å². The molecule has 0 atom stereocenters. The Morgan fingerprint density at radius 2 is 2.04 bits per heavy atom. The van der Waals surface area contributed by atoms with Crippen molar-refractivity contribution in [1.82, 2.24) is 0 Å². The lowest BCUT2D eigenvalue weighted by atomic mass is 10.1. The maximum atomic E-state index is 13.5. The molecule has 24 heavy (non-hydrogen) atoms. The van der Waals surface area contributed by atoms with Gasteiger partial charge in [-0.05, 0) is 29.8 Å². The van der Waals surface area contributed by atoms with Gasteiger partial charge in [-0.15, -0.1) is 0 Å². The molecule has 2 rings (SSSR count). The van der Waals surface area contributed by atoms with Gasteiger partial charge < -0.3 is 5.32 Å². The van der Waals surface area contributed by atoms with E-state index in [1.165, 1.54) is 30.3 Å². The van der Waals surface area contributed by atoms with E-state index in [9.17, 15) is 19.3 Å². The number of para-hydroxylation sites is 1. The largest absolute Gasteiger partial charge is 0.319 e. The summed E-state index contributed by atoms with van der Waals surface area (Å²) in [5.74, 6) is -1.48. The fourth-order valence-electron chi connectivity index (χ4n) is 1.83. The van der Waals surface area contributed by atoms with Gasteiger partial charge in [0.2, 0.25) is 0 Å². The summed E-state index contributed by atoms with van der Waals surface area (Å²) < 4.78 is 13.5. The number of carbonyl (C=O) groups excluding carboxylic acids is 1. The number of hydrogen-bond acceptors (Lipinski definition) is 4. The van der Waals surface area contributed by atoms with Crippen LogP contribution in [0.4, 0.5) is 15.8 Å². The van der Waals surface area contributed by atoms with E-state index in [1.54, 1.807) is 6.07 Å². The second kappa shape index (κ2) is 7.35. The first-order valence-electron chi connectivity index (χ1n) is 6.54. The molecule has 1 amide bonds. The summed E-state index contributed by atoms with van der Waals surface area (Å²) in [5.41, 5.74) is -0.524. The van der Waals surface area contributed by atoms with Gasteiger partial charge >= 0.3 is 0 Å². The van der Waals surface area contributed by atoms with Crippen molar-refractivity contribution in [3.8, 4) is 6.07 Å². The topological polar surface area (TPSA) is 96.0 Å². The van der Waals surface area contributed by atoms with E-state index < -0.39 is 16.6 Å². The second-order valence-corrected chi connectivity index (χ2v) is 4.98. The highest BCUT2D eigenvalue weighted by Crippen LogP contribution is 2.26. The smallest absolute Gasteiger partial charge is 0.288 e. The highest BCUT2D eigenvalue weighted by molar-refractivity contribution is 6.32. The van der Waals surface area contributed by atoms with Crippen molar-refractivity contribution >= 4 is 35.0 Å². The average molecular weight is 346 g/mol. The standard InChI is InChI=1S/C16H9ClFN3O3/c17-12-6-5-10(8-15(12)21(23)24)7-11(9-19)16(22)20-14-4-2-1-3-13(14)18/h1-8H,(H,20,22)/b11-7-. The molecule has 8 heteroatoms. The number of nitrogens with one attached hydrogen (secondary N) is 1. The number of anilines is 1. The number of amides is 1. The van der Waals surface area contributed by atoms with Gasteiger partial charge in [0, 0.05) is 6.07 Å². The fourth-order valence-corrected chi connectivity index (χ4v) is 2.01. The molecule has 2 aromatic carbocycles. The van der Waals surface area contributed by atoms with Gasteiger partial charge in [-0.1, -0.05) is 29.8 Å². The molecule has 1 N–H and O–H groups in total. The van der Waals surface area contributed by atoms with Crippen LogP contribution in [0.2, 0.25) is 5.02 Å². The van der Waals surface area contributed by atoms with Crippen molar-refractivity contribution in [2.45, 2.75) is 0 Å². The molecule has 0 aromatic heterocycles. The zero-order valence-corrected chi connectivity index (χ0v) is 12.7. The SMILES string of the molecule is N#C/C(=C/c1ccc(Cl)c([N+](=O)[O-])c1)C(=O)Nc1ccccc1F. The predicted octanol–water partition coefficient (Wildman–Crippen LogP) is 3.93. The zero-order valence-electron chi connectivity index (χ0n) is 12.0. The summed E-state index contributed by atoms with van der Waals surface area (Å²) in [6, 6.07) is 11.0. The molecule has 0 radical (unpaired) electrons. The van der Waals surface area contributed by atoms with E-state index in [1.807, 2.05) is 0 Å². The molecule has 6 nitrogen and oxygen atoms in total.